The lowest BCUT2D eigenvalue weighted by Gasteiger charge is -2.03. The highest BCUT2D eigenvalue weighted by Gasteiger charge is 2.10. The van der Waals surface area contributed by atoms with Gasteiger partial charge in [-0.3, -0.25) is 4.99 Å². The lowest BCUT2D eigenvalue weighted by Crippen LogP contribution is -1.94. The molecular weight excluding hydrogens is 187 g/mol. The second-order valence-electron chi connectivity index (χ2n) is 3.56. The maximum absolute atomic E-state index is 10.1. The molecule has 0 spiro atoms. The van der Waals surface area contributed by atoms with Gasteiger partial charge < -0.3 is 0 Å². The third-order valence-corrected chi connectivity index (χ3v) is 2.57. The van der Waals surface area contributed by atoms with Crippen molar-refractivity contribution in [1.82, 2.24) is 0 Å². The molecule has 15 heavy (non-hydrogen) atoms. The predicted molar refractivity (Wildman–Crippen MR) is 64.2 cm³/mol. The Labute approximate surface area is 89.1 Å². The van der Waals surface area contributed by atoms with Crippen molar-refractivity contribution in [3.05, 3.63) is 46.0 Å². The molecule has 0 unspecified atom stereocenters. The van der Waals surface area contributed by atoms with E-state index in [1.165, 1.54) is 11.0 Å². The van der Waals surface area contributed by atoms with Gasteiger partial charge in [0.2, 0.25) is 7.28 Å². The number of nitroso groups, excluding NO2 is 1. The van der Waals surface area contributed by atoms with Gasteiger partial charge in [-0.1, -0.05) is 29.4 Å². The third-order valence-electron chi connectivity index (χ3n) is 2.57. The molecule has 0 radical (unpaired) electrons. The lowest BCUT2D eigenvalue weighted by atomic mass is 9.69. The van der Waals surface area contributed by atoms with Crippen molar-refractivity contribution < 1.29 is 0 Å². The Bertz CT molecular complexity index is 434. The van der Waals surface area contributed by atoms with E-state index in [1.807, 2.05) is 37.3 Å². The molecule has 0 saturated heterocycles. The van der Waals surface area contributed by atoms with Crippen LogP contribution in [0.5, 0.6) is 0 Å². The Kier molecular flexibility index (Phi) is 2.76. The molecule has 0 fully saturated rings. The summed E-state index contributed by atoms with van der Waals surface area (Å²) in [6, 6.07) is 7.92. The van der Waals surface area contributed by atoms with E-state index >= 15 is 0 Å². The highest BCUT2D eigenvalue weighted by Crippen LogP contribution is 2.21. The summed E-state index contributed by atoms with van der Waals surface area (Å²) in [4.78, 5) is 14.3. The van der Waals surface area contributed by atoms with Crippen molar-refractivity contribution in [3.63, 3.8) is 0 Å². The number of allylic oxidation sites excluding steroid dienone is 1. The van der Waals surface area contributed by atoms with Crippen LogP contribution in [0.3, 0.4) is 0 Å². The fourth-order valence-electron chi connectivity index (χ4n) is 1.71. The van der Waals surface area contributed by atoms with Crippen LogP contribution in [-0.2, 0) is 6.54 Å². The molecule has 0 N–H and O–H groups in total. The van der Waals surface area contributed by atoms with Crippen LogP contribution in [-0.4, -0.2) is 13.4 Å². The highest BCUT2D eigenvalue weighted by molar-refractivity contribution is 6.85. The van der Waals surface area contributed by atoms with Gasteiger partial charge in [0.05, 0.1) is 0 Å². The van der Waals surface area contributed by atoms with E-state index in [0.717, 1.165) is 18.5 Å². The maximum Gasteiger partial charge on any atom is 0.209 e. The van der Waals surface area contributed by atoms with Crippen LogP contribution in [0.2, 0.25) is 0 Å². The van der Waals surface area contributed by atoms with Gasteiger partial charge in [-0.15, -0.1) is 0 Å². The topological polar surface area (TPSA) is 41.8 Å². The summed E-state index contributed by atoms with van der Waals surface area (Å²) in [6.45, 7) is 2.26. The molecule has 0 amide bonds. The Morgan fingerprint density at radius 1 is 1.33 bits per heavy atom. The molecule has 1 aliphatic heterocycles. The summed E-state index contributed by atoms with van der Waals surface area (Å²) in [5.41, 5.74) is 4.47. The molecule has 2 rings (SSSR count). The van der Waals surface area contributed by atoms with Crippen LogP contribution >= 0.6 is 0 Å². The van der Waals surface area contributed by atoms with Gasteiger partial charge in [-0.25, -0.2) is 0 Å². The molecule has 1 heterocycles. The molecule has 0 aromatic heterocycles. The van der Waals surface area contributed by atoms with Crippen molar-refractivity contribution in [2.24, 2.45) is 10.2 Å². The fraction of sp³-hybridized carbons (Fsp3) is 0.182. The van der Waals surface area contributed by atoms with E-state index in [-0.39, 0.29) is 6.54 Å². The number of hydrogen-bond acceptors (Lipinski definition) is 3. The molecule has 1 aliphatic rings. The first-order chi connectivity index (χ1) is 7.31. The number of nitrogens with zero attached hydrogens (tertiary/aromatic N) is 2. The Hall–Kier alpha value is -1.71. The molecule has 1 aromatic carbocycles. The van der Waals surface area contributed by atoms with Gasteiger partial charge in [0.25, 0.3) is 0 Å². The minimum Gasteiger partial charge on any atom is -0.276 e. The van der Waals surface area contributed by atoms with E-state index in [0.29, 0.717) is 0 Å². The van der Waals surface area contributed by atoms with E-state index in [1.54, 1.807) is 0 Å². The number of rotatable bonds is 3. The summed E-state index contributed by atoms with van der Waals surface area (Å²) in [5, 5.41) is 2.86. The summed E-state index contributed by atoms with van der Waals surface area (Å²) >= 11 is 0. The van der Waals surface area contributed by atoms with Crippen LogP contribution in [0.25, 0.3) is 5.47 Å². The van der Waals surface area contributed by atoms with Gasteiger partial charge in [-0.2, -0.15) is 4.91 Å². The smallest absolute Gasteiger partial charge is 0.209 e. The largest absolute Gasteiger partial charge is 0.276 e. The van der Waals surface area contributed by atoms with Crippen LogP contribution < -0.4 is 0 Å². The molecule has 4 heteroatoms. The molecule has 0 saturated carbocycles. The number of benzene rings is 1. The van der Waals surface area contributed by atoms with E-state index < -0.39 is 0 Å². The Morgan fingerprint density at radius 2 is 2.07 bits per heavy atom. The standard InChI is InChI=1S/C11H11BN2O/c1-8-11(12-7-13-8)10-4-2-9(3-5-10)6-14-15/h2-5,7,12H,6H2,1H3. The molecule has 3 nitrogen and oxygen atoms in total. The average molecular weight is 198 g/mol. The van der Waals surface area contributed by atoms with Crippen LogP contribution in [0.4, 0.5) is 0 Å². The molecule has 0 bridgehead atoms. The SMILES string of the molecule is CC1=C(c2ccc(CN=O)cc2)BC=N1. The monoisotopic (exact) mass is 198 g/mol. The van der Waals surface area contributed by atoms with Crippen molar-refractivity contribution in [2.45, 2.75) is 13.5 Å². The van der Waals surface area contributed by atoms with Gasteiger partial charge in [-0.05, 0) is 29.6 Å². The summed E-state index contributed by atoms with van der Waals surface area (Å²) in [7, 11) is 0.900. The molecule has 0 atom stereocenters. The second kappa shape index (κ2) is 4.21. The molecule has 74 valence electrons. The first-order valence-electron chi connectivity index (χ1n) is 4.92. The molecule has 1 aromatic rings. The van der Waals surface area contributed by atoms with Crippen molar-refractivity contribution >= 4 is 18.9 Å². The van der Waals surface area contributed by atoms with Crippen LogP contribution in [0.1, 0.15) is 18.1 Å². The zero-order valence-electron chi connectivity index (χ0n) is 8.60. The quantitative estimate of drug-likeness (QED) is 0.541. The fourth-order valence-corrected chi connectivity index (χ4v) is 1.71. The third kappa shape index (κ3) is 2.04. The number of aliphatic imine (C=N–C) groups is 1. The van der Waals surface area contributed by atoms with E-state index in [4.69, 9.17) is 0 Å². The second-order valence-corrected chi connectivity index (χ2v) is 3.56. The normalized spacial score (nSPS) is 14.2. The highest BCUT2D eigenvalue weighted by atomic mass is 16.3. The minimum atomic E-state index is 0.245. The summed E-state index contributed by atoms with van der Waals surface area (Å²) in [6.07, 6.45) is 1.92. The first kappa shape index (κ1) is 9.83. The maximum atomic E-state index is 10.1. The first-order valence-corrected chi connectivity index (χ1v) is 4.92. The zero-order valence-corrected chi connectivity index (χ0v) is 8.60. The zero-order chi connectivity index (χ0) is 10.7. The van der Waals surface area contributed by atoms with Crippen molar-refractivity contribution in [1.29, 1.82) is 0 Å². The van der Waals surface area contributed by atoms with Gasteiger partial charge >= 0.3 is 0 Å². The van der Waals surface area contributed by atoms with E-state index in [2.05, 4.69) is 10.2 Å². The number of hydrogen-bond donors (Lipinski definition) is 0. The van der Waals surface area contributed by atoms with Crippen LogP contribution in [0.15, 0.2) is 40.1 Å². The summed E-state index contributed by atoms with van der Waals surface area (Å²) in [5.74, 6) is 0. The van der Waals surface area contributed by atoms with Crippen LogP contribution in [0, 0.1) is 4.91 Å². The Balaban J connectivity index is 2.24. The van der Waals surface area contributed by atoms with Crippen molar-refractivity contribution in [3.8, 4) is 0 Å². The minimum absolute atomic E-state index is 0.245. The lowest BCUT2D eigenvalue weighted by molar-refractivity contribution is 1.05. The molecule has 0 aliphatic carbocycles. The molecular formula is C11H11BN2O. The average Bonchev–Trinajstić information content (AvgIpc) is 2.66. The predicted octanol–water partition coefficient (Wildman–Crippen LogP) is 2.12. The van der Waals surface area contributed by atoms with E-state index in [9.17, 15) is 4.91 Å². The van der Waals surface area contributed by atoms with Gasteiger partial charge in [0.15, 0.2) is 0 Å². The van der Waals surface area contributed by atoms with Gasteiger partial charge in [0, 0.05) is 5.70 Å². The summed E-state index contributed by atoms with van der Waals surface area (Å²) < 4.78 is 0. The van der Waals surface area contributed by atoms with Gasteiger partial charge in [0.1, 0.15) is 6.54 Å². The Morgan fingerprint density at radius 3 is 2.60 bits per heavy atom. The van der Waals surface area contributed by atoms with Crippen molar-refractivity contribution in [2.75, 3.05) is 0 Å².